The van der Waals surface area contributed by atoms with Gasteiger partial charge in [0.25, 0.3) is 0 Å². The molecule has 2 unspecified atom stereocenters. The highest BCUT2D eigenvalue weighted by Crippen LogP contribution is 2.42. The van der Waals surface area contributed by atoms with Crippen LogP contribution in [-0.2, 0) is 0 Å². The van der Waals surface area contributed by atoms with Crippen LogP contribution >= 0.6 is 11.8 Å². The van der Waals surface area contributed by atoms with Crippen molar-refractivity contribution in [1.82, 2.24) is 5.32 Å². The van der Waals surface area contributed by atoms with Gasteiger partial charge in [0.2, 0.25) is 0 Å². The molecule has 0 aromatic heterocycles. The van der Waals surface area contributed by atoms with Crippen LogP contribution in [0, 0.1) is 5.92 Å². The molecule has 1 nitrogen and oxygen atoms in total. The standard InChI is InChI=1S/C11H23NS/c1-5-12-10(9(2)3)11(4)7-6-8-13-11/h9-10,12H,5-8H2,1-4H3. The predicted molar refractivity (Wildman–Crippen MR) is 62.4 cm³/mol. The average Bonchev–Trinajstić information content (AvgIpc) is 2.48. The van der Waals surface area contributed by atoms with E-state index >= 15 is 0 Å². The van der Waals surface area contributed by atoms with Gasteiger partial charge >= 0.3 is 0 Å². The van der Waals surface area contributed by atoms with Crippen LogP contribution in [0.2, 0.25) is 0 Å². The summed E-state index contributed by atoms with van der Waals surface area (Å²) >= 11 is 2.16. The fourth-order valence-corrected chi connectivity index (χ4v) is 4.00. The third-order valence-corrected chi connectivity index (χ3v) is 4.61. The van der Waals surface area contributed by atoms with Gasteiger partial charge in [-0.2, -0.15) is 11.8 Å². The molecule has 0 saturated carbocycles. The highest BCUT2D eigenvalue weighted by Gasteiger charge is 2.38. The molecule has 0 aromatic rings. The smallest absolute Gasteiger partial charge is 0.0287 e. The number of nitrogens with one attached hydrogen (secondary N) is 1. The Bertz CT molecular complexity index is 150. The Balaban J connectivity index is 2.61. The van der Waals surface area contributed by atoms with Crippen molar-refractivity contribution in [2.24, 2.45) is 5.92 Å². The van der Waals surface area contributed by atoms with E-state index in [0.717, 1.165) is 12.5 Å². The lowest BCUT2D eigenvalue weighted by Gasteiger charge is -2.36. The van der Waals surface area contributed by atoms with E-state index in [1.54, 1.807) is 0 Å². The van der Waals surface area contributed by atoms with E-state index in [1.165, 1.54) is 18.6 Å². The van der Waals surface area contributed by atoms with E-state index in [-0.39, 0.29) is 0 Å². The van der Waals surface area contributed by atoms with Crippen LogP contribution in [0.15, 0.2) is 0 Å². The van der Waals surface area contributed by atoms with Crippen LogP contribution in [0.5, 0.6) is 0 Å². The molecule has 0 aromatic carbocycles. The molecule has 1 aliphatic rings. The van der Waals surface area contributed by atoms with Gasteiger partial charge in [-0.15, -0.1) is 0 Å². The van der Waals surface area contributed by atoms with E-state index in [0.29, 0.717) is 10.8 Å². The summed E-state index contributed by atoms with van der Waals surface area (Å²) in [5.41, 5.74) is 0. The Kier molecular flexibility index (Phi) is 4.11. The van der Waals surface area contributed by atoms with Crippen LogP contribution in [0.1, 0.15) is 40.5 Å². The molecule has 0 spiro atoms. The van der Waals surface area contributed by atoms with Crippen LogP contribution in [0.4, 0.5) is 0 Å². The SMILES string of the molecule is CCNC(C(C)C)C1(C)CCCS1. The molecular weight excluding hydrogens is 178 g/mol. The molecule has 2 atom stereocenters. The molecule has 1 aliphatic heterocycles. The summed E-state index contributed by atoms with van der Waals surface area (Å²) in [7, 11) is 0. The van der Waals surface area contributed by atoms with Crippen LogP contribution in [-0.4, -0.2) is 23.1 Å². The van der Waals surface area contributed by atoms with Crippen molar-refractivity contribution in [2.45, 2.75) is 51.3 Å². The maximum absolute atomic E-state index is 3.64. The molecule has 1 heterocycles. The average molecular weight is 201 g/mol. The summed E-state index contributed by atoms with van der Waals surface area (Å²) in [5.74, 6) is 2.10. The Morgan fingerprint density at radius 3 is 2.54 bits per heavy atom. The highest BCUT2D eigenvalue weighted by molar-refractivity contribution is 8.00. The molecule has 0 radical (unpaired) electrons. The number of thioether (sulfide) groups is 1. The topological polar surface area (TPSA) is 12.0 Å². The Morgan fingerprint density at radius 1 is 1.46 bits per heavy atom. The van der Waals surface area contributed by atoms with Gasteiger partial charge in [0, 0.05) is 10.8 Å². The first-order chi connectivity index (χ1) is 6.10. The zero-order chi connectivity index (χ0) is 9.90. The van der Waals surface area contributed by atoms with Gasteiger partial charge in [-0.3, -0.25) is 0 Å². The van der Waals surface area contributed by atoms with E-state index < -0.39 is 0 Å². The zero-order valence-corrected chi connectivity index (χ0v) is 10.2. The van der Waals surface area contributed by atoms with Crippen molar-refractivity contribution in [3.05, 3.63) is 0 Å². The summed E-state index contributed by atoms with van der Waals surface area (Å²) in [4.78, 5) is 0. The molecule has 13 heavy (non-hydrogen) atoms. The number of hydrogen-bond donors (Lipinski definition) is 1. The van der Waals surface area contributed by atoms with Crippen LogP contribution in [0.25, 0.3) is 0 Å². The second kappa shape index (κ2) is 4.70. The molecule has 2 heteroatoms. The summed E-state index contributed by atoms with van der Waals surface area (Å²) < 4.78 is 0.490. The lowest BCUT2D eigenvalue weighted by Crippen LogP contribution is -2.48. The van der Waals surface area contributed by atoms with Crippen molar-refractivity contribution < 1.29 is 0 Å². The number of rotatable bonds is 4. The lowest BCUT2D eigenvalue weighted by molar-refractivity contribution is 0.326. The monoisotopic (exact) mass is 201 g/mol. The third-order valence-electron chi connectivity index (χ3n) is 3.00. The van der Waals surface area contributed by atoms with Gasteiger partial charge in [-0.1, -0.05) is 20.8 Å². The number of hydrogen-bond acceptors (Lipinski definition) is 2. The lowest BCUT2D eigenvalue weighted by atomic mass is 9.88. The maximum atomic E-state index is 3.64. The Labute approximate surface area is 87.1 Å². The van der Waals surface area contributed by atoms with E-state index in [1.807, 2.05) is 0 Å². The van der Waals surface area contributed by atoms with Gasteiger partial charge in [0.1, 0.15) is 0 Å². The molecule has 0 amide bonds. The van der Waals surface area contributed by atoms with Crippen LogP contribution in [0.3, 0.4) is 0 Å². The molecule has 1 N–H and O–H groups in total. The summed E-state index contributed by atoms with van der Waals surface area (Å²) in [6.07, 6.45) is 2.78. The van der Waals surface area contributed by atoms with Crippen molar-refractivity contribution in [3.8, 4) is 0 Å². The summed E-state index contributed by atoms with van der Waals surface area (Å²) in [6, 6.07) is 0.685. The molecule has 78 valence electrons. The van der Waals surface area contributed by atoms with Gasteiger partial charge in [0.05, 0.1) is 0 Å². The second-order valence-electron chi connectivity index (χ2n) is 4.54. The van der Waals surface area contributed by atoms with Crippen molar-refractivity contribution >= 4 is 11.8 Å². The van der Waals surface area contributed by atoms with Gasteiger partial charge in [0.15, 0.2) is 0 Å². The largest absolute Gasteiger partial charge is 0.313 e. The minimum Gasteiger partial charge on any atom is -0.313 e. The van der Waals surface area contributed by atoms with E-state index in [9.17, 15) is 0 Å². The highest BCUT2D eigenvalue weighted by atomic mass is 32.2. The molecule has 1 rings (SSSR count). The quantitative estimate of drug-likeness (QED) is 0.750. The van der Waals surface area contributed by atoms with E-state index in [2.05, 4.69) is 44.8 Å². The molecule has 1 fully saturated rings. The normalized spacial score (nSPS) is 31.2. The van der Waals surface area contributed by atoms with Gasteiger partial charge in [-0.05, 0) is 38.0 Å². The fraction of sp³-hybridized carbons (Fsp3) is 1.00. The Hall–Kier alpha value is 0.310. The zero-order valence-electron chi connectivity index (χ0n) is 9.39. The minimum absolute atomic E-state index is 0.490. The van der Waals surface area contributed by atoms with Gasteiger partial charge < -0.3 is 5.32 Å². The molecule has 0 aliphatic carbocycles. The molecular formula is C11H23NS. The fourth-order valence-electron chi connectivity index (χ4n) is 2.42. The van der Waals surface area contributed by atoms with Crippen LogP contribution < -0.4 is 5.32 Å². The third kappa shape index (κ3) is 2.63. The van der Waals surface area contributed by atoms with Crippen molar-refractivity contribution in [2.75, 3.05) is 12.3 Å². The summed E-state index contributed by atoms with van der Waals surface area (Å²) in [6.45, 7) is 10.4. The van der Waals surface area contributed by atoms with E-state index in [4.69, 9.17) is 0 Å². The first-order valence-electron chi connectivity index (χ1n) is 5.47. The van der Waals surface area contributed by atoms with Crippen molar-refractivity contribution in [1.29, 1.82) is 0 Å². The molecule has 0 bridgehead atoms. The van der Waals surface area contributed by atoms with Gasteiger partial charge in [-0.25, -0.2) is 0 Å². The minimum atomic E-state index is 0.490. The maximum Gasteiger partial charge on any atom is 0.0287 e. The summed E-state index contributed by atoms with van der Waals surface area (Å²) in [5, 5.41) is 3.64. The molecule has 1 saturated heterocycles. The predicted octanol–water partition coefficient (Wildman–Crippen LogP) is 2.91. The Morgan fingerprint density at radius 2 is 2.15 bits per heavy atom. The first kappa shape index (κ1) is 11.4. The van der Waals surface area contributed by atoms with Crippen molar-refractivity contribution in [3.63, 3.8) is 0 Å². The first-order valence-corrected chi connectivity index (χ1v) is 6.46. The second-order valence-corrected chi connectivity index (χ2v) is 6.17.